The van der Waals surface area contributed by atoms with Crippen molar-refractivity contribution in [3.05, 3.63) is 64.2 Å². The topological polar surface area (TPSA) is 63.7 Å². The number of aromatic nitrogens is 4. The van der Waals surface area contributed by atoms with Crippen LogP contribution in [0.5, 0.6) is 0 Å². The molecule has 1 aromatic carbocycles. The molecule has 0 saturated heterocycles. The van der Waals surface area contributed by atoms with Gasteiger partial charge in [0.1, 0.15) is 12.4 Å². The van der Waals surface area contributed by atoms with E-state index in [-0.39, 0.29) is 0 Å². The highest BCUT2D eigenvalue weighted by Gasteiger charge is 2.25. The summed E-state index contributed by atoms with van der Waals surface area (Å²) in [4.78, 5) is 0. The van der Waals surface area contributed by atoms with E-state index in [4.69, 9.17) is 4.74 Å². The molecule has 0 unspecified atom stereocenters. The number of nitrogens with one attached hydrogen (secondary N) is 1. The van der Waals surface area contributed by atoms with Gasteiger partial charge in [-0.05, 0) is 74.0 Å². The summed E-state index contributed by atoms with van der Waals surface area (Å²) in [6, 6.07) is 9.95. The fourth-order valence-electron chi connectivity index (χ4n) is 3.96. The molecule has 0 amide bonds. The van der Waals surface area contributed by atoms with Crippen LogP contribution in [0.4, 0.5) is 8.78 Å². The maximum atomic E-state index is 12.9. The average Bonchev–Trinajstić information content (AvgIpc) is 3.14. The number of alkyl halides is 2. The highest BCUT2D eigenvalue weighted by molar-refractivity contribution is 6.06. The van der Waals surface area contributed by atoms with E-state index in [1.807, 2.05) is 30.3 Å². The third-order valence-electron chi connectivity index (χ3n) is 5.28. The van der Waals surface area contributed by atoms with Crippen molar-refractivity contribution in [1.29, 1.82) is 0 Å². The Morgan fingerprint density at radius 3 is 2.33 bits per heavy atom. The minimum Gasteiger partial charge on any atom is -0.491 e. The number of tetrazole rings is 1. The quantitative estimate of drug-likeness (QED) is 0.467. The molecule has 1 aliphatic rings. The number of ether oxygens (including phenoxy) is 1. The van der Waals surface area contributed by atoms with Crippen LogP contribution >= 0.6 is 0 Å². The van der Waals surface area contributed by atoms with Gasteiger partial charge in [-0.25, -0.2) is 8.78 Å². The molecule has 0 aliphatic heterocycles. The Bertz CT molecular complexity index is 927. The number of benzene rings is 1. The zero-order chi connectivity index (χ0) is 21.5. The lowest BCUT2D eigenvalue weighted by molar-refractivity contribution is 0.0500. The van der Waals surface area contributed by atoms with Crippen molar-refractivity contribution in [2.75, 3.05) is 6.61 Å². The van der Waals surface area contributed by atoms with Crippen molar-refractivity contribution in [1.82, 2.24) is 20.6 Å². The fourth-order valence-corrected chi connectivity index (χ4v) is 3.96. The van der Waals surface area contributed by atoms with E-state index in [0.29, 0.717) is 17.2 Å². The van der Waals surface area contributed by atoms with Crippen molar-refractivity contribution in [2.45, 2.75) is 59.3 Å². The number of nitrogens with zero attached hydrogens (tertiary/aromatic N) is 3. The SMILES string of the molecule is CC(C)=C1CCCCC/C1=C(/C(=C(\C)OCC(F)F)c1nn[nH]n1)c1ccccc1. The third-order valence-corrected chi connectivity index (χ3v) is 5.28. The van der Waals surface area contributed by atoms with E-state index in [9.17, 15) is 8.78 Å². The van der Waals surface area contributed by atoms with Crippen molar-refractivity contribution in [2.24, 2.45) is 0 Å². The van der Waals surface area contributed by atoms with E-state index >= 15 is 0 Å². The largest absolute Gasteiger partial charge is 0.491 e. The van der Waals surface area contributed by atoms with Crippen molar-refractivity contribution < 1.29 is 13.5 Å². The van der Waals surface area contributed by atoms with Crippen LogP contribution < -0.4 is 0 Å². The van der Waals surface area contributed by atoms with Crippen molar-refractivity contribution in [3.8, 4) is 0 Å². The van der Waals surface area contributed by atoms with Crippen LogP contribution in [0.2, 0.25) is 0 Å². The van der Waals surface area contributed by atoms with Gasteiger partial charge in [-0.1, -0.05) is 42.3 Å². The Hall–Kier alpha value is -2.83. The maximum absolute atomic E-state index is 12.9. The molecule has 1 heterocycles. The monoisotopic (exact) mass is 414 g/mol. The summed E-state index contributed by atoms with van der Waals surface area (Å²) in [7, 11) is 0. The van der Waals surface area contributed by atoms with Crippen LogP contribution in [0, 0.1) is 0 Å². The zero-order valence-corrected chi connectivity index (χ0v) is 17.7. The molecule has 1 fully saturated rings. The molecule has 0 radical (unpaired) electrons. The van der Waals surface area contributed by atoms with E-state index in [1.54, 1.807) is 6.92 Å². The minimum atomic E-state index is -2.56. The lowest BCUT2D eigenvalue weighted by atomic mass is 9.84. The maximum Gasteiger partial charge on any atom is 0.272 e. The van der Waals surface area contributed by atoms with Gasteiger partial charge >= 0.3 is 0 Å². The van der Waals surface area contributed by atoms with Gasteiger partial charge in [0, 0.05) is 0 Å². The molecule has 2 aromatic rings. The molecular formula is C23H28F2N4O. The van der Waals surface area contributed by atoms with E-state index in [0.717, 1.165) is 43.2 Å². The van der Waals surface area contributed by atoms with Gasteiger partial charge in [0.15, 0.2) is 0 Å². The first-order chi connectivity index (χ1) is 14.5. The number of allylic oxidation sites excluding steroid dienone is 6. The molecule has 1 aromatic heterocycles. The predicted molar refractivity (Wildman–Crippen MR) is 114 cm³/mol. The van der Waals surface area contributed by atoms with Crippen LogP contribution in [0.3, 0.4) is 0 Å². The van der Waals surface area contributed by atoms with Crippen LogP contribution in [0.25, 0.3) is 11.1 Å². The molecule has 3 rings (SSSR count). The number of hydrogen-bond acceptors (Lipinski definition) is 4. The molecule has 0 spiro atoms. The second kappa shape index (κ2) is 10.3. The first kappa shape index (κ1) is 21.9. The smallest absolute Gasteiger partial charge is 0.272 e. The van der Waals surface area contributed by atoms with Gasteiger partial charge in [-0.3, -0.25) is 0 Å². The summed E-state index contributed by atoms with van der Waals surface area (Å²) in [5.41, 5.74) is 6.30. The molecule has 160 valence electrons. The lowest BCUT2D eigenvalue weighted by Gasteiger charge is -2.21. The summed E-state index contributed by atoms with van der Waals surface area (Å²) in [5.74, 6) is 0.700. The molecular weight excluding hydrogens is 386 g/mol. The summed E-state index contributed by atoms with van der Waals surface area (Å²) in [5, 5.41) is 14.5. The highest BCUT2D eigenvalue weighted by atomic mass is 19.3. The Balaban J connectivity index is 2.32. The Labute approximate surface area is 175 Å². The van der Waals surface area contributed by atoms with Gasteiger partial charge < -0.3 is 4.74 Å². The van der Waals surface area contributed by atoms with E-state index in [1.165, 1.54) is 16.7 Å². The highest BCUT2D eigenvalue weighted by Crippen LogP contribution is 2.42. The molecule has 0 atom stereocenters. The van der Waals surface area contributed by atoms with Crippen LogP contribution in [-0.4, -0.2) is 33.7 Å². The molecule has 7 heteroatoms. The van der Waals surface area contributed by atoms with Crippen molar-refractivity contribution in [3.63, 3.8) is 0 Å². The van der Waals surface area contributed by atoms with E-state index < -0.39 is 13.0 Å². The van der Waals surface area contributed by atoms with Crippen LogP contribution in [-0.2, 0) is 4.74 Å². The van der Waals surface area contributed by atoms with Crippen molar-refractivity contribution >= 4 is 11.1 Å². The number of halogens is 2. The minimum absolute atomic E-state index is 0.338. The normalized spacial score (nSPS) is 17.5. The summed E-state index contributed by atoms with van der Waals surface area (Å²) in [6.07, 6.45) is 2.68. The molecule has 1 N–H and O–H groups in total. The fraction of sp³-hybridized carbons (Fsp3) is 0.435. The first-order valence-corrected chi connectivity index (χ1v) is 10.3. The summed E-state index contributed by atoms with van der Waals surface area (Å²) in [6.45, 7) is 5.26. The lowest BCUT2D eigenvalue weighted by Crippen LogP contribution is -2.08. The number of H-pyrrole nitrogens is 1. The second-order valence-corrected chi connectivity index (χ2v) is 7.63. The molecule has 5 nitrogen and oxygen atoms in total. The first-order valence-electron chi connectivity index (χ1n) is 10.3. The Morgan fingerprint density at radius 1 is 1.03 bits per heavy atom. The Morgan fingerprint density at radius 2 is 1.73 bits per heavy atom. The van der Waals surface area contributed by atoms with Gasteiger partial charge in [-0.2, -0.15) is 5.21 Å². The second-order valence-electron chi connectivity index (χ2n) is 7.63. The Kier molecular flexibility index (Phi) is 7.49. The zero-order valence-electron chi connectivity index (χ0n) is 17.7. The standard InChI is InChI=1S/C23H28F2N4O/c1-15(2)18-12-8-5-9-13-19(18)22(17-10-6-4-7-11-17)21(23-26-28-29-27-23)16(3)30-14-20(24)25/h4,6-7,10-11,20H,5,8-9,12-14H2,1-3H3,(H,26,27,28,29)/b21-16-,22-19-. The van der Waals surface area contributed by atoms with Crippen LogP contribution in [0.15, 0.2) is 52.8 Å². The van der Waals surface area contributed by atoms with Crippen LogP contribution in [0.1, 0.15) is 64.3 Å². The number of aromatic amines is 1. The molecule has 0 bridgehead atoms. The summed E-state index contributed by atoms with van der Waals surface area (Å²) < 4.78 is 31.2. The molecule has 1 saturated carbocycles. The van der Waals surface area contributed by atoms with E-state index in [2.05, 4.69) is 34.5 Å². The summed E-state index contributed by atoms with van der Waals surface area (Å²) >= 11 is 0. The van der Waals surface area contributed by atoms with Gasteiger partial charge in [0.25, 0.3) is 6.43 Å². The third kappa shape index (κ3) is 5.20. The van der Waals surface area contributed by atoms with Gasteiger partial charge in [0.05, 0.1) is 5.57 Å². The van der Waals surface area contributed by atoms with Gasteiger partial charge in [0.2, 0.25) is 5.82 Å². The molecule has 30 heavy (non-hydrogen) atoms. The number of rotatable bonds is 6. The number of hydrogen-bond donors (Lipinski definition) is 1. The average molecular weight is 415 g/mol. The van der Waals surface area contributed by atoms with Gasteiger partial charge in [-0.15, -0.1) is 10.2 Å². The predicted octanol–water partition coefficient (Wildman–Crippen LogP) is 5.97. The molecule has 1 aliphatic carbocycles.